The van der Waals surface area contributed by atoms with Gasteiger partial charge in [-0.3, -0.25) is 0 Å². The quantitative estimate of drug-likeness (QED) is 0.163. The summed E-state index contributed by atoms with van der Waals surface area (Å²) < 4.78 is 6.15. The molecule has 0 unspecified atom stereocenters. The van der Waals surface area contributed by atoms with Gasteiger partial charge in [0, 0.05) is 33.2 Å². The molecule has 8 aromatic carbocycles. The largest absolute Gasteiger partial charge is 0.456 e. The first-order valence-electron chi connectivity index (χ1n) is 19.4. The lowest BCUT2D eigenvalue weighted by Gasteiger charge is -2.28. The van der Waals surface area contributed by atoms with Crippen molar-refractivity contribution in [2.45, 2.75) is 26.2 Å². The minimum absolute atomic E-state index is 0.207. The smallest absolute Gasteiger partial charge is 0.135 e. The molecule has 0 spiro atoms. The van der Waals surface area contributed by atoms with Gasteiger partial charge in [0.15, 0.2) is 0 Å². The van der Waals surface area contributed by atoms with Gasteiger partial charge >= 0.3 is 0 Å². The standard InChI is InChI=1S/C54H41NO/c1-5-12-44-35(6-2)15-11-17-45(44)37-20-24-41(25-21-37)55(42-26-19-36-13-7-8-14-38(36)31-42)43-27-29-47-46-28-22-40(33-50(46)54(3,4)51(47)34-43)39-23-30-53-49(32-39)48-16-9-10-18-52(48)56-53/h5-34H,2H2,1,3-4H3/b12-5-. The van der Waals surface area contributed by atoms with E-state index in [1.54, 1.807) is 0 Å². The van der Waals surface area contributed by atoms with Crippen LogP contribution in [0.3, 0.4) is 0 Å². The number of allylic oxidation sites excluding steroid dienone is 1. The van der Waals surface area contributed by atoms with Crippen molar-refractivity contribution in [1.82, 2.24) is 0 Å². The van der Waals surface area contributed by atoms with E-state index in [0.717, 1.165) is 44.6 Å². The Morgan fingerprint density at radius 1 is 0.518 bits per heavy atom. The number of hydrogen-bond donors (Lipinski definition) is 0. The van der Waals surface area contributed by atoms with Crippen molar-refractivity contribution < 1.29 is 4.42 Å². The number of para-hydroxylation sites is 1. The van der Waals surface area contributed by atoms with Crippen LogP contribution in [0.1, 0.15) is 43.0 Å². The Labute approximate surface area is 328 Å². The van der Waals surface area contributed by atoms with Crippen LogP contribution >= 0.6 is 0 Å². The molecule has 2 heteroatoms. The van der Waals surface area contributed by atoms with Gasteiger partial charge in [0.25, 0.3) is 0 Å². The predicted molar refractivity (Wildman–Crippen MR) is 239 cm³/mol. The fourth-order valence-corrected chi connectivity index (χ4v) is 8.87. The number of hydrogen-bond acceptors (Lipinski definition) is 2. The molecule has 9 aromatic rings. The van der Waals surface area contributed by atoms with E-state index >= 15 is 0 Å². The number of benzene rings is 8. The maximum Gasteiger partial charge on any atom is 0.135 e. The summed E-state index contributed by atoms with van der Waals surface area (Å²) in [5.41, 5.74) is 17.4. The van der Waals surface area contributed by atoms with Gasteiger partial charge in [-0.2, -0.15) is 0 Å². The fraction of sp³-hybridized carbons (Fsp3) is 0.0741. The molecule has 0 saturated heterocycles. The molecule has 0 N–H and O–H groups in total. The molecule has 0 bridgehead atoms. The van der Waals surface area contributed by atoms with E-state index in [9.17, 15) is 0 Å². The maximum absolute atomic E-state index is 6.15. The van der Waals surface area contributed by atoms with Crippen molar-refractivity contribution in [3.8, 4) is 33.4 Å². The summed E-state index contributed by atoms with van der Waals surface area (Å²) in [6, 6.07) is 59.7. The van der Waals surface area contributed by atoms with Crippen molar-refractivity contribution in [3.63, 3.8) is 0 Å². The topological polar surface area (TPSA) is 16.4 Å². The molecule has 56 heavy (non-hydrogen) atoms. The third-order valence-electron chi connectivity index (χ3n) is 11.7. The van der Waals surface area contributed by atoms with Crippen LogP contribution in [-0.4, -0.2) is 0 Å². The van der Waals surface area contributed by atoms with E-state index in [-0.39, 0.29) is 5.41 Å². The lowest BCUT2D eigenvalue weighted by molar-refractivity contribution is 0.660. The molecule has 1 aliphatic rings. The molecule has 2 nitrogen and oxygen atoms in total. The lowest BCUT2D eigenvalue weighted by Crippen LogP contribution is -2.16. The first-order chi connectivity index (χ1) is 27.4. The van der Waals surface area contributed by atoms with Gasteiger partial charge in [-0.1, -0.05) is 142 Å². The SMILES string of the molecule is C=Cc1cccc(-c2ccc(N(c3ccc4c(c3)C(C)(C)c3cc(-c5ccc6oc7ccccc7c6c5)ccc3-4)c3ccc4ccccc4c3)cc2)c1/C=C\C. The molecule has 0 aliphatic heterocycles. The second-order valence-electron chi connectivity index (χ2n) is 15.4. The molecule has 0 radical (unpaired) electrons. The second-order valence-corrected chi connectivity index (χ2v) is 15.4. The Morgan fingerprint density at radius 3 is 1.98 bits per heavy atom. The Balaban J connectivity index is 1.07. The first-order valence-corrected chi connectivity index (χ1v) is 19.4. The fourth-order valence-electron chi connectivity index (χ4n) is 8.87. The van der Waals surface area contributed by atoms with Gasteiger partial charge in [0.05, 0.1) is 0 Å². The van der Waals surface area contributed by atoms with E-state index in [1.807, 2.05) is 18.2 Å². The number of nitrogens with zero attached hydrogens (tertiary/aromatic N) is 1. The van der Waals surface area contributed by atoms with Crippen LogP contribution in [0.15, 0.2) is 181 Å². The summed E-state index contributed by atoms with van der Waals surface area (Å²) >= 11 is 0. The van der Waals surface area contributed by atoms with E-state index < -0.39 is 0 Å². The third kappa shape index (κ3) is 5.40. The molecular weight excluding hydrogens is 679 g/mol. The Bertz CT molecular complexity index is 3030. The molecule has 1 aromatic heterocycles. The molecular formula is C54H41NO. The summed E-state index contributed by atoms with van der Waals surface area (Å²) in [5.74, 6) is 0. The lowest BCUT2D eigenvalue weighted by atomic mass is 9.81. The Morgan fingerprint density at radius 2 is 1.16 bits per heavy atom. The minimum Gasteiger partial charge on any atom is -0.456 e. The van der Waals surface area contributed by atoms with Gasteiger partial charge in [0.1, 0.15) is 11.2 Å². The highest BCUT2D eigenvalue weighted by Gasteiger charge is 2.36. The molecule has 0 atom stereocenters. The van der Waals surface area contributed by atoms with Crippen LogP contribution in [0.25, 0.3) is 78.2 Å². The van der Waals surface area contributed by atoms with E-state index in [0.29, 0.717) is 0 Å². The summed E-state index contributed by atoms with van der Waals surface area (Å²) in [7, 11) is 0. The van der Waals surface area contributed by atoms with Crippen LogP contribution in [0, 0.1) is 0 Å². The zero-order valence-electron chi connectivity index (χ0n) is 31.9. The van der Waals surface area contributed by atoms with Gasteiger partial charge in [-0.25, -0.2) is 0 Å². The number of rotatable bonds is 7. The van der Waals surface area contributed by atoms with E-state index in [2.05, 4.69) is 196 Å². The number of furan rings is 1. The van der Waals surface area contributed by atoms with Crippen LogP contribution in [0.4, 0.5) is 17.1 Å². The van der Waals surface area contributed by atoms with Crippen LogP contribution in [0.5, 0.6) is 0 Å². The molecule has 1 heterocycles. The Kier molecular flexibility index (Phi) is 7.90. The first kappa shape index (κ1) is 33.7. The monoisotopic (exact) mass is 719 g/mol. The van der Waals surface area contributed by atoms with Crippen molar-refractivity contribution in [3.05, 3.63) is 199 Å². The predicted octanol–water partition coefficient (Wildman–Crippen LogP) is 15.5. The van der Waals surface area contributed by atoms with Crippen molar-refractivity contribution in [1.29, 1.82) is 0 Å². The third-order valence-corrected chi connectivity index (χ3v) is 11.7. The number of fused-ring (bicyclic) bond motifs is 7. The summed E-state index contributed by atoms with van der Waals surface area (Å²) in [4.78, 5) is 2.40. The molecule has 10 rings (SSSR count). The van der Waals surface area contributed by atoms with Crippen molar-refractivity contribution in [2.75, 3.05) is 4.90 Å². The second kappa shape index (κ2) is 13.1. The average molecular weight is 720 g/mol. The van der Waals surface area contributed by atoms with Crippen LogP contribution in [-0.2, 0) is 5.41 Å². The minimum atomic E-state index is -0.207. The molecule has 0 amide bonds. The molecule has 0 saturated carbocycles. The maximum atomic E-state index is 6.15. The van der Waals surface area contributed by atoms with Gasteiger partial charge < -0.3 is 9.32 Å². The molecule has 0 fully saturated rings. The van der Waals surface area contributed by atoms with E-state index in [1.165, 1.54) is 60.8 Å². The van der Waals surface area contributed by atoms with Crippen molar-refractivity contribution >= 4 is 61.9 Å². The van der Waals surface area contributed by atoms with E-state index in [4.69, 9.17) is 4.42 Å². The highest BCUT2D eigenvalue weighted by atomic mass is 16.3. The zero-order chi connectivity index (χ0) is 38.0. The molecule has 1 aliphatic carbocycles. The van der Waals surface area contributed by atoms with Gasteiger partial charge in [0.2, 0.25) is 0 Å². The number of anilines is 3. The highest BCUT2D eigenvalue weighted by Crippen LogP contribution is 2.52. The summed E-state index contributed by atoms with van der Waals surface area (Å²) in [6.45, 7) is 10.9. The zero-order valence-corrected chi connectivity index (χ0v) is 31.9. The summed E-state index contributed by atoms with van der Waals surface area (Å²) in [5, 5.41) is 4.74. The van der Waals surface area contributed by atoms with Gasteiger partial charge in [-0.15, -0.1) is 0 Å². The molecule has 268 valence electrons. The van der Waals surface area contributed by atoms with Crippen molar-refractivity contribution in [2.24, 2.45) is 0 Å². The normalized spacial score (nSPS) is 13.1. The van der Waals surface area contributed by atoms with Crippen LogP contribution in [0.2, 0.25) is 0 Å². The van der Waals surface area contributed by atoms with Crippen LogP contribution < -0.4 is 4.90 Å². The highest BCUT2D eigenvalue weighted by molar-refractivity contribution is 6.06. The average Bonchev–Trinajstić information content (AvgIpc) is 3.72. The summed E-state index contributed by atoms with van der Waals surface area (Å²) in [6.07, 6.45) is 6.21. The Hall–Kier alpha value is -6.90. The van der Waals surface area contributed by atoms with Gasteiger partial charge in [-0.05, 0) is 134 Å².